The number of nitrogens with two attached hydrogens (primary N) is 1. The molecule has 1 aromatic heterocycles. The van der Waals surface area contributed by atoms with E-state index in [2.05, 4.69) is 20.9 Å². The second-order valence-electron chi connectivity index (χ2n) is 3.29. The van der Waals surface area contributed by atoms with Gasteiger partial charge in [-0.15, -0.1) is 0 Å². The Labute approximate surface area is 94.2 Å². The quantitative estimate of drug-likeness (QED) is 0.786. The predicted molar refractivity (Wildman–Crippen MR) is 60.4 cm³/mol. The van der Waals surface area contributed by atoms with Gasteiger partial charge >= 0.3 is 0 Å². The first-order chi connectivity index (χ1) is 7.15. The second kappa shape index (κ2) is 3.83. The summed E-state index contributed by atoms with van der Waals surface area (Å²) in [5.74, 6) is -0.954. The van der Waals surface area contributed by atoms with Crippen molar-refractivity contribution in [1.29, 1.82) is 0 Å². The zero-order valence-electron chi connectivity index (χ0n) is 7.85. The third-order valence-electron chi connectivity index (χ3n) is 2.32. The van der Waals surface area contributed by atoms with Gasteiger partial charge in [0, 0.05) is 16.1 Å². The first-order valence-corrected chi connectivity index (χ1v) is 5.31. The molecule has 0 amide bonds. The minimum Gasteiger partial charge on any atom is -0.505 e. The van der Waals surface area contributed by atoms with Crippen molar-refractivity contribution in [2.24, 2.45) is 5.73 Å². The zero-order chi connectivity index (χ0) is 11.0. The van der Waals surface area contributed by atoms with Crippen LogP contribution in [0.1, 0.15) is 5.56 Å². The van der Waals surface area contributed by atoms with Crippen LogP contribution in [0.5, 0.6) is 5.75 Å². The lowest BCUT2D eigenvalue weighted by Crippen LogP contribution is -2.02. The van der Waals surface area contributed by atoms with Crippen molar-refractivity contribution in [3.8, 4) is 5.75 Å². The summed E-state index contributed by atoms with van der Waals surface area (Å²) in [5.41, 5.74) is 6.85. The lowest BCUT2D eigenvalue weighted by Gasteiger charge is -2.02. The van der Waals surface area contributed by atoms with Crippen molar-refractivity contribution in [3.63, 3.8) is 0 Å². The Morgan fingerprint density at radius 2 is 2.27 bits per heavy atom. The molecule has 3 nitrogen and oxygen atoms in total. The number of hydrogen-bond acceptors (Lipinski definition) is 2. The van der Waals surface area contributed by atoms with Crippen molar-refractivity contribution in [2.45, 2.75) is 6.42 Å². The van der Waals surface area contributed by atoms with Gasteiger partial charge in [0.25, 0.3) is 0 Å². The van der Waals surface area contributed by atoms with Crippen molar-refractivity contribution >= 4 is 26.8 Å². The molecular weight excluding hydrogens is 263 g/mol. The van der Waals surface area contributed by atoms with Gasteiger partial charge in [0.2, 0.25) is 0 Å². The molecule has 2 aromatic rings. The molecule has 5 heteroatoms. The SMILES string of the molecule is NCCc1c[nH]c2c(Br)cc(O)c(F)c12. The number of benzene rings is 1. The van der Waals surface area contributed by atoms with E-state index in [1.54, 1.807) is 6.20 Å². The Kier molecular flexibility index (Phi) is 2.67. The number of rotatable bonds is 2. The normalized spacial score (nSPS) is 11.1. The molecule has 0 aliphatic heterocycles. The van der Waals surface area contributed by atoms with Crippen LogP contribution < -0.4 is 5.73 Å². The van der Waals surface area contributed by atoms with Crippen molar-refractivity contribution < 1.29 is 9.50 Å². The van der Waals surface area contributed by atoms with Crippen molar-refractivity contribution in [1.82, 2.24) is 4.98 Å². The molecule has 2 rings (SSSR count). The summed E-state index contributed by atoms with van der Waals surface area (Å²) >= 11 is 3.26. The summed E-state index contributed by atoms with van der Waals surface area (Å²) in [6.45, 7) is 0.444. The minimum absolute atomic E-state index is 0.354. The number of phenolic OH excluding ortho intramolecular Hbond substituents is 1. The predicted octanol–water partition coefficient (Wildman–Crippen LogP) is 2.28. The van der Waals surface area contributed by atoms with E-state index in [9.17, 15) is 9.50 Å². The van der Waals surface area contributed by atoms with Crippen LogP contribution >= 0.6 is 15.9 Å². The van der Waals surface area contributed by atoms with E-state index in [0.29, 0.717) is 28.3 Å². The number of hydrogen-bond donors (Lipinski definition) is 3. The third-order valence-corrected chi connectivity index (χ3v) is 2.95. The zero-order valence-corrected chi connectivity index (χ0v) is 9.44. The van der Waals surface area contributed by atoms with Crippen LogP contribution in [0.15, 0.2) is 16.7 Å². The number of aromatic hydroxyl groups is 1. The van der Waals surface area contributed by atoms with Gasteiger partial charge in [0.15, 0.2) is 11.6 Å². The highest BCUT2D eigenvalue weighted by atomic mass is 79.9. The number of aromatic amines is 1. The Morgan fingerprint density at radius 3 is 2.93 bits per heavy atom. The third kappa shape index (κ3) is 1.61. The number of nitrogens with one attached hydrogen (secondary N) is 1. The molecule has 0 bridgehead atoms. The average Bonchev–Trinajstić information content (AvgIpc) is 2.60. The van der Waals surface area contributed by atoms with Crippen molar-refractivity contribution in [2.75, 3.05) is 6.54 Å². The molecule has 0 radical (unpaired) electrons. The molecule has 0 spiro atoms. The van der Waals surface area contributed by atoms with E-state index in [1.807, 2.05) is 0 Å². The smallest absolute Gasteiger partial charge is 0.174 e. The van der Waals surface area contributed by atoms with E-state index in [0.717, 1.165) is 5.56 Å². The van der Waals surface area contributed by atoms with E-state index < -0.39 is 5.82 Å². The number of phenols is 1. The van der Waals surface area contributed by atoms with E-state index in [-0.39, 0.29) is 5.75 Å². The lowest BCUT2D eigenvalue weighted by molar-refractivity contribution is 0.435. The molecule has 80 valence electrons. The van der Waals surface area contributed by atoms with E-state index >= 15 is 0 Å². The van der Waals surface area contributed by atoms with Gasteiger partial charge in [-0.1, -0.05) is 0 Å². The molecule has 1 aromatic carbocycles. The van der Waals surface area contributed by atoms with Crippen LogP contribution in [0.4, 0.5) is 4.39 Å². The molecule has 1 heterocycles. The van der Waals surface area contributed by atoms with Crippen LogP contribution in [-0.4, -0.2) is 16.6 Å². The molecule has 0 saturated carbocycles. The summed E-state index contributed by atoms with van der Waals surface area (Å²) in [5, 5.41) is 9.77. The Bertz CT molecular complexity index is 510. The first-order valence-electron chi connectivity index (χ1n) is 4.52. The Hall–Kier alpha value is -1.07. The van der Waals surface area contributed by atoms with Crippen LogP contribution in [0.3, 0.4) is 0 Å². The fourth-order valence-electron chi connectivity index (χ4n) is 1.64. The Morgan fingerprint density at radius 1 is 1.53 bits per heavy atom. The molecule has 0 unspecified atom stereocenters. The van der Waals surface area contributed by atoms with E-state index in [1.165, 1.54) is 6.07 Å². The average molecular weight is 273 g/mol. The van der Waals surface area contributed by atoms with Crippen LogP contribution in [0, 0.1) is 5.82 Å². The van der Waals surface area contributed by atoms with Gasteiger partial charge in [-0.3, -0.25) is 0 Å². The van der Waals surface area contributed by atoms with Gasteiger partial charge in [0.1, 0.15) is 0 Å². The number of halogens is 2. The minimum atomic E-state index is -0.599. The number of H-pyrrole nitrogens is 1. The fourth-order valence-corrected chi connectivity index (χ4v) is 2.17. The number of aromatic nitrogens is 1. The molecule has 0 fully saturated rings. The summed E-state index contributed by atoms with van der Waals surface area (Å²) in [7, 11) is 0. The largest absolute Gasteiger partial charge is 0.505 e. The highest BCUT2D eigenvalue weighted by Gasteiger charge is 2.14. The van der Waals surface area contributed by atoms with Gasteiger partial charge in [-0.05, 0) is 40.5 Å². The summed E-state index contributed by atoms with van der Waals surface area (Å²) in [6, 6.07) is 1.33. The van der Waals surface area contributed by atoms with Crippen molar-refractivity contribution in [3.05, 3.63) is 28.1 Å². The maximum absolute atomic E-state index is 13.7. The molecule has 0 aliphatic rings. The summed E-state index contributed by atoms with van der Waals surface area (Å²) in [4.78, 5) is 2.96. The fraction of sp³-hybridized carbons (Fsp3) is 0.200. The molecule has 0 saturated heterocycles. The Balaban J connectivity index is 2.77. The molecule has 0 atom stereocenters. The van der Waals surface area contributed by atoms with Crippen LogP contribution in [-0.2, 0) is 6.42 Å². The molecule has 4 N–H and O–H groups in total. The van der Waals surface area contributed by atoms with Gasteiger partial charge in [0.05, 0.1) is 5.52 Å². The topological polar surface area (TPSA) is 62.0 Å². The lowest BCUT2D eigenvalue weighted by atomic mass is 10.1. The second-order valence-corrected chi connectivity index (χ2v) is 4.15. The highest BCUT2D eigenvalue weighted by Crippen LogP contribution is 2.33. The molecule has 15 heavy (non-hydrogen) atoms. The maximum Gasteiger partial charge on any atom is 0.174 e. The first kappa shape index (κ1) is 10.4. The van der Waals surface area contributed by atoms with Crippen LogP contribution in [0.25, 0.3) is 10.9 Å². The maximum atomic E-state index is 13.7. The molecule has 0 aliphatic carbocycles. The van der Waals surface area contributed by atoms with E-state index in [4.69, 9.17) is 5.73 Å². The summed E-state index contributed by atoms with van der Waals surface area (Å²) < 4.78 is 14.3. The monoisotopic (exact) mass is 272 g/mol. The van der Waals surface area contributed by atoms with Gasteiger partial charge in [-0.25, -0.2) is 4.39 Å². The van der Waals surface area contributed by atoms with Gasteiger partial charge in [-0.2, -0.15) is 0 Å². The van der Waals surface area contributed by atoms with Crippen LogP contribution in [0.2, 0.25) is 0 Å². The number of fused-ring (bicyclic) bond motifs is 1. The standard InChI is InChI=1S/C10H10BrFN2O/c11-6-3-7(15)9(12)8-5(1-2-13)4-14-10(6)8/h3-4,14-15H,1-2,13H2. The van der Waals surface area contributed by atoms with Gasteiger partial charge < -0.3 is 15.8 Å². The molecular formula is C10H10BrFN2O. The summed E-state index contributed by atoms with van der Waals surface area (Å²) in [6.07, 6.45) is 2.29. The highest BCUT2D eigenvalue weighted by molar-refractivity contribution is 9.10.